The van der Waals surface area contributed by atoms with Crippen molar-refractivity contribution in [2.75, 3.05) is 0 Å². The van der Waals surface area contributed by atoms with Gasteiger partial charge in [0.15, 0.2) is 0 Å². The number of thiazole rings is 1. The van der Waals surface area contributed by atoms with Gasteiger partial charge in [-0.15, -0.1) is 11.3 Å². The summed E-state index contributed by atoms with van der Waals surface area (Å²) in [7, 11) is -3.79. The van der Waals surface area contributed by atoms with Crippen molar-refractivity contribution >= 4 is 43.2 Å². The average Bonchev–Trinajstić information content (AvgIpc) is 3.16. The molecule has 0 atom stereocenters. The van der Waals surface area contributed by atoms with Crippen molar-refractivity contribution in [1.82, 2.24) is 9.29 Å². The SMILES string of the molecule is O=S(=O)(c1nc2c(Cl)cccc2s1)N(Cc1ccccc1)Cc1ccccc1. The summed E-state index contributed by atoms with van der Waals surface area (Å²) in [4.78, 5) is 4.35. The van der Waals surface area contributed by atoms with Gasteiger partial charge in [0.2, 0.25) is 4.34 Å². The predicted octanol–water partition coefficient (Wildman–Crippen LogP) is 5.34. The number of benzene rings is 3. The van der Waals surface area contributed by atoms with Crippen LogP contribution in [0.15, 0.2) is 83.2 Å². The maximum absolute atomic E-state index is 13.5. The number of sulfonamides is 1. The topological polar surface area (TPSA) is 50.3 Å². The minimum absolute atomic E-state index is 0.0578. The van der Waals surface area contributed by atoms with Crippen molar-refractivity contribution in [3.05, 3.63) is 95.0 Å². The van der Waals surface area contributed by atoms with E-state index in [0.717, 1.165) is 27.2 Å². The standard InChI is InChI=1S/C21H17ClN2O2S2/c22-18-12-7-13-19-20(18)23-21(27-19)28(25,26)24(14-16-8-3-1-4-9-16)15-17-10-5-2-6-11-17/h1-13H,14-15H2. The van der Waals surface area contributed by atoms with Crippen LogP contribution in [0.5, 0.6) is 0 Å². The second kappa shape index (κ2) is 8.01. The van der Waals surface area contributed by atoms with Gasteiger partial charge in [0.05, 0.1) is 9.72 Å². The lowest BCUT2D eigenvalue weighted by atomic mass is 10.2. The van der Waals surface area contributed by atoms with E-state index in [1.807, 2.05) is 66.7 Å². The van der Waals surface area contributed by atoms with Crippen LogP contribution in [-0.4, -0.2) is 17.7 Å². The summed E-state index contributed by atoms with van der Waals surface area (Å²) in [5, 5.41) is 0.452. The third-order valence-corrected chi connectivity index (χ3v) is 7.79. The lowest BCUT2D eigenvalue weighted by Crippen LogP contribution is -2.30. The molecule has 4 aromatic rings. The molecule has 0 aliphatic heterocycles. The summed E-state index contributed by atoms with van der Waals surface area (Å²) in [5.41, 5.74) is 2.36. The highest BCUT2D eigenvalue weighted by molar-refractivity contribution is 7.91. The molecule has 7 heteroatoms. The van der Waals surface area contributed by atoms with Crippen molar-refractivity contribution in [3.63, 3.8) is 0 Å². The van der Waals surface area contributed by atoms with Crippen LogP contribution in [0.2, 0.25) is 5.02 Å². The fourth-order valence-electron chi connectivity index (χ4n) is 2.92. The van der Waals surface area contributed by atoms with E-state index in [1.165, 1.54) is 4.31 Å². The molecule has 3 aromatic carbocycles. The van der Waals surface area contributed by atoms with E-state index in [-0.39, 0.29) is 17.4 Å². The van der Waals surface area contributed by atoms with Gasteiger partial charge in [-0.1, -0.05) is 78.3 Å². The molecule has 0 aliphatic carbocycles. The number of para-hydroxylation sites is 1. The Kier molecular flexibility index (Phi) is 5.46. The summed E-state index contributed by atoms with van der Waals surface area (Å²) >= 11 is 7.34. The van der Waals surface area contributed by atoms with Crippen molar-refractivity contribution in [2.45, 2.75) is 17.4 Å². The van der Waals surface area contributed by atoms with Gasteiger partial charge in [-0.25, -0.2) is 13.4 Å². The highest BCUT2D eigenvalue weighted by Crippen LogP contribution is 2.32. The number of halogens is 1. The molecule has 0 spiro atoms. The van der Waals surface area contributed by atoms with Gasteiger partial charge in [0.1, 0.15) is 5.52 Å². The number of fused-ring (bicyclic) bond motifs is 1. The summed E-state index contributed by atoms with van der Waals surface area (Å²) < 4.78 is 29.2. The molecular formula is C21H17ClN2O2S2. The Balaban J connectivity index is 1.75. The van der Waals surface area contributed by atoms with Crippen LogP contribution in [-0.2, 0) is 23.1 Å². The predicted molar refractivity (Wildman–Crippen MR) is 114 cm³/mol. The van der Waals surface area contributed by atoms with Gasteiger partial charge < -0.3 is 0 Å². The zero-order valence-electron chi connectivity index (χ0n) is 14.8. The molecule has 0 radical (unpaired) electrons. The van der Waals surface area contributed by atoms with Crippen LogP contribution >= 0.6 is 22.9 Å². The molecule has 0 fully saturated rings. The molecule has 0 unspecified atom stereocenters. The van der Waals surface area contributed by atoms with Crippen molar-refractivity contribution in [1.29, 1.82) is 0 Å². The molecule has 4 nitrogen and oxygen atoms in total. The average molecular weight is 429 g/mol. The Morgan fingerprint density at radius 1 is 0.821 bits per heavy atom. The molecule has 0 saturated carbocycles. The van der Waals surface area contributed by atoms with Crippen molar-refractivity contribution in [2.24, 2.45) is 0 Å². The van der Waals surface area contributed by atoms with Crippen LogP contribution in [0.1, 0.15) is 11.1 Å². The Bertz CT molecular complexity index is 1150. The van der Waals surface area contributed by atoms with Gasteiger partial charge >= 0.3 is 0 Å². The maximum atomic E-state index is 13.5. The van der Waals surface area contributed by atoms with Crippen LogP contribution in [0, 0.1) is 0 Å². The first kappa shape index (κ1) is 19.1. The van der Waals surface area contributed by atoms with E-state index < -0.39 is 10.0 Å². The second-order valence-corrected chi connectivity index (χ2v) is 9.86. The molecule has 28 heavy (non-hydrogen) atoms. The lowest BCUT2D eigenvalue weighted by Gasteiger charge is -2.21. The van der Waals surface area contributed by atoms with Crippen LogP contribution in [0.3, 0.4) is 0 Å². The Hall–Kier alpha value is -2.25. The van der Waals surface area contributed by atoms with Crippen LogP contribution in [0.4, 0.5) is 0 Å². The molecule has 0 aliphatic rings. The van der Waals surface area contributed by atoms with Gasteiger partial charge in [-0.3, -0.25) is 0 Å². The van der Waals surface area contributed by atoms with Gasteiger partial charge in [0, 0.05) is 13.1 Å². The Morgan fingerprint density at radius 2 is 1.39 bits per heavy atom. The third-order valence-electron chi connectivity index (χ3n) is 4.31. The molecule has 142 valence electrons. The van der Waals surface area contributed by atoms with Gasteiger partial charge in [-0.2, -0.15) is 4.31 Å². The summed E-state index contributed by atoms with van der Waals surface area (Å²) in [6.07, 6.45) is 0. The van der Waals surface area contributed by atoms with Crippen LogP contribution < -0.4 is 0 Å². The molecule has 1 aromatic heterocycles. The maximum Gasteiger partial charge on any atom is 0.271 e. The second-order valence-electron chi connectivity index (χ2n) is 6.31. The Morgan fingerprint density at radius 3 is 1.93 bits per heavy atom. The molecule has 0 saturated heterocycles. The molecule has 1 heterocycles. The van der Waals surface area contributed by atoms with Gasteiger partial charge in [-0.05, 0) is 23.3 Å². The van der Waals surface area contributed by atoms with E-state index in [0.29, 0.717) is 10.5 Å². The molecule has 0 bridgehead atoms. The first-order chi connectivity index (χ1) is 13.5. The molecular weight excluding hydrogens is 412 g/mol. The third kappa shape index (κ3) is 3.95. The number of aromatic nitrogens is 1. The highest BCUT2D eigenvalue weighted by atomic mass is 35.5. The highest BCUT2D eigenvalue weighted by Gasteiger charge is 2.29. The smallest absolute Gasteiger partial charge is 0.222 e. The van der Waals surface area contributed by atoms with E-state index in [2.05, 4.69) is 4.98 Å². The largest absolute Gasteiger partial charge is 0.271 e. The van der Waals surface area contributed by atoms with Crippen LogP contribution in [0.25, 0.3) is 10.2 Å². The van der Waals surface area contributed by atoms with E-state index >= 15 is 0 Å². The minimum atomic E-state index is -3.79. The summed E-state index contributed by atoms with van der Waals surface area (Å²) in [6, 6.07) is 24.5. The van der Waals surface area contributed by atoms with Crippen molar-refractivity contribution < 1.29 is 8.42 Å². The first-order valence-electron chi connectivity index (χ1n) is 8.67. The van der Waals surface area contributed by atoms with E-state index in [9.17, 15) is 8.42 Å². The first-order valence-corrected chi connectivity index (χ1v) is 11.3. The molecule has 0 amide bonds. The molecule has 0 N–H and O–H groups in total. The quantitative estimate of drug-likeness (QED) is 0.416. The minimum Gasteiger partial charge on any atom is -0.222 e. The number of nitrogens with zero attached hydrogens (tertiary/aromatic N) is 2. The monoisotopic (exact) mass is 428 g/mol. The summed E-state index contributed by atoms with van der Waals surface area (Å²) in [5.74, 6) is 0. The van der Waals surface area contributed by atoms with Crippen molar-refractivity contribution in [3.8, 4) is 0 Å². The zero-order valence-corrected chi connectivity index (χ0v) is 17.2. The number of rotatable bonds is 6. The number of hydrogen-bond donors (Lipinski definition) is 0. The fourth-order valence-corrected chi connectivity index (χ4v) is 5.98. The van der Waals surface area contributed by atoms with Gasteiger partial charge in [0.25, 0.3) is 10.0 Å². The zero-order chi connectivity index (χ0) is 19.6. The summed E-state index contributed by atoms with van der Waals surface area (Å²) in [6.45, 7) is 0.531. The lowest BCUT2D eigenvalue weighted by molar-refractivity contribution is 0.401. The molecule has 4 rings (SSSR count). The Labute approximate surface area is 173 Å². The van der Waals surface area contributed by atoms with E-state index in [1.54, 1.807) is 12.1 Å². The normalized spacial score (nSPS) is 11.9. The fraction of sp³-hybridized carbons (Fsp3) is 0.0952. The number of hydrogen-bond acceptors (Lipinski definition) is 4. The van der Waals surface area contributed by atoms with E-state index in [4.69, 9.17) is 11.6 Å².